The van der Waals surface area contributed by atoms with Gasteiger partial charge in [-0.2, -0.15) is 0 Å². The number of aliphatic hydroxyl groups excluding tert-OH is 1. The molecule has 5 heteroatoms. The zero-order chi connectivity index (χ0) is 20.8. The van der Waals surface area contributed by atoms with Gasteiger partial charge in [-0.1, -0.05) is 45.0 Å². The number of hydrogen-bond donors (Lipinski definition) is 2. The molecule has 2 aromatic rings. The Balaban J connectivity index is 0.00000420. The molecule has 0 aliphatic carbocycles. The van der Waals surface area contributed by atoms with Gasteiger partial charge in [-0.15, -0.1) is 12.4 Å². The van der Waals surface area contributed by atoms with Gasteiger partial charge in [0.15, 0.2) is 0 Å². The summed E-state index contributed by atoms with van der Waals surface area (Å²) in [5.41, 5.74) is 2.48. The second-order valence-corrected chi connectivity index (χ2v) is 9.03. The van der Waals surface area contributed by atoms with Crippen molar-refractivity contribution in [3.05, 3.63) is 59.7 Å². The lowest BCUT2D eigenvalue weighted by Gasteiger charge is -2.28. The lowest BCUT2D eigenvalue weighted by atomic mass is 9.87. The second-order valence-electron chi connectivity index (χ2n) is 9.03. The van der Waals surface area contributed by atoms with E-state index in [0.29, 0.717) is 6.54 Å². The summed E-state index contributed by atoms with van der Waals surface area (Å²) in [6.07, 6.45) is 0.288. The lowest BCUT2D eigenvalue weighted by molar-refractivity contribution is 0.0988. The van der Waals surface area contributed by atoms with Crippen LogP contribution >= 0.6 is 12.4 Å². The fourth-order valence-corrected chi connectivity index (χ4v) is 3.01. The number of β-amino-alcohol motifs (C(OH)–C–C–N with tert-alkyl or cyclic N) is 1. The van der Waals surface area contributed by atoms with Crippen LogP contribution in [0.15, 0.2) is 48.5 Å². The molecule has 0 spiro atoms. The maximum atomic E-state index is 10.3. The van der Waals surface area contributed by atoms with Crippen molar-refractivity contribution < 1.29 is 14.6 Å². The first-order chi connectivity index (χ1) is 13.1. The van der Waals surface area contributed by atoms with Crippen molar-refractivity contribution in [3.63, 3.8) is 0 Å². The molecule has 0 unspecified atom stereocenters. The van der Waals surface area contributed by atoms with Crippen molar-refractivity contribution >= 4 is 12.4 Å². The minimum atomic E-state index is -0.572. The van der Waals surface area contributed by atoms with Crippen LogP contribution in [0, 0.1) is 0 Å². The van der Waals surface area contributed by atoms with E-state index in [1.165, 1.54) is 11.1 Å². The number of methoxy groups -OCH3 is 1. The summed E-state index contributed by atoms with van der Waals surface area (Å²) in [5.74, 6) is 1.64. The third kappa shape index (κ3) is 8.65. The van der Waals surface area contributed by atoms with Crippen LogP contribution in [0.2, 0.25) is 0 Å². The highest BCUT2D eigenvalue weighted by atomic mass is 35.5. The summed E-state index contributed by atoms with van der Waals surface area (Å²) in [7, 11) is 1.67. The topological polar surface area (TPSA) is 50.7 Å². The van der Waals surface area contributed by atoms with Gasteiger partial charge in [0.05, 0.1) is 7.11 Å². The Morgan fingerprint density at radius 3 is 1.97 bits per heavy atom. The minimum Gasteiger partial charge on any atom is -0.497 e. The molecule has 4 nitrogen and oxygen atoms in total. The van der Waals surface area contributed by atoms with E-state index in [9.17, 15) is 5.11 Å². The van der Waals surface area contributed by atoms with Gasteiger partial charge in [-0.25, -0.2) is 0 Å². The molecule has 0 radical (unpaired) electrons. The molecule has 2 N–H and O–H groups in total. The van der Waals surface area contributed by atoms with E-state index in [0.717, 1.165) is 17.9 Å². The predicted octanol–water partition coefficient (Wildman–Crippen LogP) is 4.77. The van der Waals surface area contributed by atoms with Gasteiger partial charge in [-0.3, -0.25) is 0 Å². The smallest absolute Gasteiger partial charge is 0.119 e. The average Bonchev–Trinajstić information content (AvgIpc) is 2.65. The van der Waals surface area contributed by atoms with E-state index >= 15 is 0 Å². The first-order valence-corrected chi connectivity index (χ1v) is 9.88. The number of nitrogens with one attached hydrogen (secondary N) is 1. The number of ether oxygens (including phenoxy) is 2. The first-order valence-electron chi connectivity index (χ1n) is 9.88. The van der Waals surface area contributed by atoms with Crippen molar-refractivity contribution in [1.82, 2.24) is 5.32 Å². The van der Waals surface area contributed by atoms with Crippen LogP contribution in [0.3, 0.4) is 0 Å². The van der Waals surface area contributed by atoms with Gasteiger partial charge < -0.3 is 19.9 Å². The molecule has 0 saturated carbocycles. The van der Waals surface area contributed by atoms with Crippen molar-refractivity contribution in [2.24, 2.45) is 0 Å². The lowest BCUT2D eigenvalue weighted by Crippen LogP contribution is -2.46. The molecule has 0 fully saturated rings. The molecule has 0 aliphatic heterocycles. The monoisotopic (exact) mass is 421 g/mol. The highest BCUT2D eigenvalue weighted by Gasteiger charge is 2.20. The number of aliphatic hydroxyl groups is 1. The van der Waals surface area contributed by atoms with Gasteiger partial charge in [0, 0.05) is 12.1 Å². The van der Waals surface area contributed by atoms with Crippen molar-refractivity contribution in [3.8, 4) is 11.5 Å². The van der Waals surface area contributed by atoms with Gasteiger partial charge in [0.1, 0.15) is 24.2 Å². The quantitative estimate of drug-likeness (QED) is 0.612. The normalized spacial score (nSPS) is 12.8. The summed E-state index contributed by atoms with van der Waals surface area (Å²) in [4.78, 5) is 0. The molecule has 1 atom stereocenters. The fraction of sp³-hybridized carbons (Fsp3) is 0.500. The predicted molar refractivity (Wildman–Crippen MR) is 123 cm³/mol. The van der Waals surface area contributed by atoms with Crippen molar-refractivity contribution in [2.75, 3.05) is 20.3 Å². The molecule has 162 valence electrons. The Hall–Kier alpha value is -1.75. The maximum Gasteiger partial charge on any atom is 0.119 e. The standard InChI is InChI=1S/C24H35NO3.ClH/c1-23(2,3)19-9-13-22(14-10-19)28-17-20(26)16-25-24(4,5)15-18-7-11-21(27-6)12-8-18;/h7-14,20,25-26H,15-17H2,1-6H3;1H/t20-;/m0./s1. The number of hydrogen-bond acceptors (Lipinski definition) is 4. The minimum absolute atomic E-state index is 0. The van der Waals surface area contributed by atoms with E-state index in [1.807, 2.05) is 24.3 Å². The Kier molecular flexibility index (Phi) is 9.47. The molecule has 29 heavy (non-hydrogen) atoms. The van der Waals surface area contributed by atoms with Crippen LogP contribution in [0.25, 0.3) is 0 Å². The third-order valence-corrected chi connectivity index (χ3v) is 4.78. The molecule has 2 aromatic carbocycles. The van der Waals surface area contributed by atoms with Crippen LogP contribution in [-0.2, 0) is 11.8 Å². The van der Waals surface area contributed by atoms with Crippen LogP contribution in [0.4, 0.5) is 0 Å². The molecule has 0 bridgehead atoms. The van der Waals surface area contributed by atoms with E-state index in [4.69, 9.17) is 9.47 Å². The van der Waals surface area contributed by atoms with Gasteiger partial charge in [-0.05, 0) is 61.1 Å². The zero-order valence-electron chi connectivity index (χ0n) is 18.5. The number of halogens is 1. The summed E-state index contributed by atoms with van der Waals surface area (Å²) < 4.78 is 10.9. The Bertz CT molecular complexity index is 721. The van der Waals surface area contributed by atoms with E-state index < -0.39 is 6.10 Å². The summed E-state index contributed by atoms with van der Waals surface area (Å²) in [6, 6.07) is 16.2. The number of benzene rings is 2. The Morgan fingerprint density at radius 1 is 0.897 bits per heavy atom. The highest BCUT2D eigenvalue weighted by Crippen LogP contribution is 2.24. The fourth-order valence-electron chi connectivity index (χ4n) is 3.01. The first kappa shape index (κ1) is 25.3. The van der Waals surface area contributed by atoms with E-state index in [1.54, 1.807) is 7.11 Å². The Labute approximate surface area is 182 Å². The molecule has 0 amide bonds. The van der Waals surface area contributed by atoms with Crippen LogP contribution in [0.5, 0.6) is 11.5 Å². The average molecular weight is 422 g/mol. The number of rotatable bonds is 9. The van der Waals surface area contributed by atoms with Gasteiger partial charge in [0.2, 0.25) is 0 Å². The van der Waals surface area contributed by atoms with Gasteiger partial charge in [0.25, 0.3) is 0 Å². The Morgan fingerprint density at radius 2 is 1.45 bits per heavy atom. The van der Waals surface area contributed by atoms with E-state index in [-0.39, 0.29) is 30.0 Å². The van der Waals surface area contributed by atoms with Crippen LogP contribution in [0.1, 0.15) is 45.7 Å². The molecule has 2 rings (SSSR count). The van der Waals surface area contributed by atoms with Crippen molar-refractivity contribution in [2.45, 2.75) is 58.1 Å². The zero-order valence-corrected chi connectivity index (χ0v) is 19.3. The molecule has 0 aromatic heterocycles. The van der Waals surface area contributed by atoms with Gasteiger partial charge >= 0.3 is 0 Å². The molecule has 0 saturated heterocycles. The van der Waals surface area contributed by atoms with Crippen molar-refractivity contribution in [1.29, 1.82) is 0 Å². The third-order valence-electron chi connectivity index (χ3n) is 4.78. The summed E-state index contributed by atoms with van der Waals surface area (Å²) in [6.45, 7) is 11.6. The summed E-state index contributed by atoms with van der Waals surface area (Å²) >= 11 is 0. The molecular formula is C24H36ClNO3. The maximum absolute atomic E-state index is 10.3. The SMILES string of the molecule is COc1ccc(CC(C)(C)NC[C@H](O)COc2ccc(C(C)(C)C)cc2)cc1.Cl. The summed E-state index contributed by atoms with van der Waals surface area (Å²) in [5, 5.41) is 13.7. The highest BCUT2D eigenvalue weighted by molar-refractivity contribution is 5.85. The van der Waals surface area contributed by atoms with Crippen LogP contribution < -0.4 is 14.8 Å². The molecule has 0 heterocycles. The second kappa shape index (κ2) is 10.9. The van der Waals surface area contributed by atoms with E-state index in [2.05, 4.69) is 64.2 Å². The largest absolute Gasteiger partial charge is 0.497 e. The van der Waals surface area contributed by atoms with Crippen LogP contribution in [-0.4, -0.2) is 37.0 Å². The molecule has 0 aliphatic rings. The molecular weight excluding hydrogens is 386 g/mol.